The van der Waals surface area contributed by atoms with Crippen molar-refractivity contribution in [2.45, 2.75) is 98.8 Å². The largest absolute Gasteiger partial charge is 1.00 e. The Labute approximate surface area is 318 Å². The number of rotatable bonds is 11. The second kappa shape index (κ2) is 22.3. The van der Waals surface area contributed by atoms with Crippen LogP contribution < -0.4 is 24.8 Å². The Balaban J connectivity index is 0.000000394. The van der Waals surface area contributed by atoms with Crippen LogP contribution >= 0.6 is 0 Å². The summed E-state index contributed by atoms with van der Waals surface area (Å²) in [5, 5.41) is 5.55. The van der Waals surface area contributed by atoms with E-state index in [1.165, 1.54) is 112 Å². The Hall–Kier alpha value is -2.44. The minimum atomic E-state index is 0. The third-order valence-electron chi connectivity index (χ3n) is 8.95. The average Bonchev–Trinajstić information content (AvgIpc) is 3.79. The molecule has 0 radical (unpaired) electrons. The number of hydrogen-bond acceptors (Lipinski definition) is 0. The molecule has 252 valence electrons. The van der Waals surface area contributed by atoms with Crippen LogP contribution in [0.3, 0.4) is 0 Å². The van der Waals surface area contributed by atoms with Gasteiger partial charge in [-0.3, -0.25) is 6.08 Å². The molecule has 0 bridgehead atoms. The third kappa shape index (κ3) is 11.6. The predicted molar refractivity (Wildman–Crippen MR) is 202 cm³/mol. The number of unbranched alkanes of at least 4 members (excludes halogenated alkanes) is 3. The van der Waals surface area contributed by atoms with Crippen LogP contribution in [0.4, 0.5) is 0 Å². The number of hydrogen-bond donors (Lipinski definition) is 0. The van der Waals surface area contributed by atoms with Crippen molar-refractivity contribution in [2.75, 3.05) is 0 Å². The van der Waals surface area contributed by atoms with Crippen molar-refractivity contribution in [1.82, 2.24) is 0 Å². The molecule has 1 aliphatic rings. The van der Waals surface area contributed by atoms with Crippen LogP contribution in [0, 0.1) is 19.9 Å². The van der Waals surface area contributed by atoms with Crippen molar-refractivity contribution in [3.8, 4) is 22.3 Å². The molecule has 5 aromatic carbocycles. The van der Waals surface area contributed by atoms with Crippen molar-refractivity contribution in [3.63, 3.8) is 0 Å². The van der Waals surface area contributed by atoms with Crippen molar-refractivity contribution in [1.29, 1.82) is 0 Å². The van der Waals surface area contributed by atoms with Gasteiger partial charge in [0, 0.05) is 0 Å². The van der Waals surface area contributed by atoms with E-state index in [-0.39, 0.29) is 24.8 Å². The Morgan fingerprint density at radius 3 is 1.79 bits per heavy atom. The number of fused-ring (bicyclic) bond motifs is 3. The fraction of sp³-hybridized carbons (Fsp3) is 0.333. The second-order valence-electron chi connectivity index (χ2n) is 12.5. The topological polar surface area (TPSA) is 0 Å². The smallest absolute Gasteiger partial charge is 0.0194 e. The quantitative estimate of drug-likeness (QED) is 0.123. The van der Waals surface area contributed by atoms with Crippen LogP contribution in [-0.2, 0) is 30.7 Å². The molecule has 48 heavy (non-hydrogen) atoms. The minimum absolute atomic E-state index is 0. The van der Waals surface area contributed by atoms with Gasteiger partial charge in [-0.1, -0.05) is 110 Å². The Morgan fingerprint density at radius 2 is 1.29 bits per heavy atom. The molecule has 0 spiro atoms. The molecule has 0 N–H and O–H groups in total. The van der Waals surface area contributed by atoms with Crippen LogP contribution in [0.1, 0.15) is 95.2 Å². The molecule has 0 amide bonds. The van der Waals surface area contributed by atoms with Gasteiger partial charge in [-0.25, -0.2) is 12.2 Å². The standard InChI is InChI=1S/C31H29.C9H18.C5H5.2ClH.Zr/c1-4-5-16-26-22(3)28(24-14-10-7-11-15-24)20-31-29-19-27(23-12-8-6-9-13-23)21(2)17-25(29)18-30(26)31;1-3-5-7-9-8-6-4-2;1-2-4-5-3-1;;;/h6-15,17-20H,4-5,16H2,1-3H3;3-8H2,1-2H3;1-3H,4H2;2*1H;/q-1;;-1;;;+2/p-2. The first-order valence-corrected chi connectivity index (χ1v) is 18.8. The molecule has 0 heterocycles. The van der Waals surface area contributed by atoms with Crippen LogP contribution in [0.5, 0.6) is 0 Å². The molecule has 5 aromatic rings. The molecule has 0 saturated carbocycles. The SMILES string of the molecule is CCCC[C](=[Zr+2])CCCC.CCCCc1c(C)c(-c2ccccc2)cc2c1[cH-]c1cc(C)c(-c3ccccc3)cc12.[C-]1=CC=CC1.[Cl-].[Cl-]. The third-order valence-corrected chi connectivity index (χ3v) is 10.2. The van der Waals surface area contributed by atoms with Gasteiger partial charge in [0.2, 0.25) is 0 Å². The van der Waals surface area contributed by atoms with Crippen LogP contribution in [0.2, 0.25) is 0 Å². The van der Waals surface area contributed by atoms with Gasteiger partial charge in [0.1, 0.15) is 0 Å². The predicted octanol–water partition coefficient (Wildman–Crippen LogP) is 7.41. The van der Waals surface area contributed by atoms with Gasteiger partial charge in [0.15, 0.2) is 0 Å². The van der Waals surface area contributed by atoms with Crippen LogP contribution in [-0.4, -0.2) is 3.21 Å². The summed E-state index contributed by atoms with van der Waals surface area (Å²) in [7, 11) is 0. The van der Waals surface area contributed by atoms with Crippen molar-refractivity contribution < 1.29 is 49.0 Å². The average molecular weight is 755 g/mol. The van der Waals surface area contributed by atoms with E-state index in [0.29, 0.717) is 0 Å². The van der Waals surface area contributed by atoms with Crippen molar-refractivity contribution in [3.05, 3.63) is 126 Å². The molecule has 0 aromatic heterocycles. The molecular formula is C45H52Cl2Zr-2. The van der Waals surface area contributed by atoms with E-state index < -0.39 is 0 Å². The van der Waals surface area contributed by atoms with Crippen molar-refractivity contribution in [2.24, 2.45) is 0 Å². The maximum atomic E-state index is 2.99. The second-order valence-corrected chi connectivity index (χ2v) is 14.3. The van der Waals surface area contributed by atoms with E-state index in [0.717, 1.165) is 12.8 Å². The van der Waals surface area contributed by atoms with E-state index in [1.807, 2.05) is 12.2 Å². The Bertz CT molecular complexity index is 1720. The summed E-state index contributed by atoms with van der Waals surface area (Å²) in [4.78, 5) is 0. The fourth-order valence-electron chi connectivity index (χ4n) is 6.25. The molecule has 1 aliphatic carbocycles. The monoisotopic (exact) mass is 752 g/mol. The number of allylic oxidation sites excluding steroid dienone is 4. The van der Waals surface area contributed by atoms with E-state index in [2.05, 4.69) is 132 Å². The maximum Gasteiger partial charge on any atom is -0.0194 e. The van der Waals surface area contributed by atoms with Gasteiger partial charge in [0.05, 0.1) is 0 Å². The summed E-state index contributed by atoms with van der Waals surface area (Å²) < 4.78 is 1.79. The molecule has 0 nitrogen and oxygen atoms in total. The molecular weight excluding hydrogens is 703 g/mol. The maximum absolute atomic E-state index is 2.99. The molecule has 0 saturated heterocycles. The number of aryl methyl sites for hydroxylation is 2. The van der Waals surface area contributed by atoms with Gasteiger partial charge >= 0.3 is 79.8 Å². The molecule has 0 atom stereocenters. The summed E-state index contributed by atoms with van der Waals surface area (Å²) in [6, 6.07) is 31.3. The minimum Gasteiger partial charge on any atom is -1.00 e. The first-order chi connectivity index (χ1) is 22.5. The van der Waals surface area contributed by atoms with E-state index in [9.17, 15) is 0 Å². The summed E-state index contributed by atoms with van der Waals surface area (Å²) in [6.07, 6.45) is 21.9. The van der Waals surface area contributed by atoms with E-state index in [4.69, 9.17) is 0 Å². The number of benzene rings is 4. The van der Waals surface area contributed by atoms with Crippen LogP contribution in [0.15, 0.2) is 103 Å². The van der Waals surface area contributed by atoms with E-state index >= 15 is 0 Å². The fourth-order valence-corrected chi connectivity index (χ4v) is 7.12. The molecule has 6 rings (SSSR count). The normalized spacial score (nSPS) is 11.3. The summed E-state index contributed by atoms with van der Waals surface area (Å²) >= 11 is 1.67. The molecule has 0 aliphatic heterocycles. The molecule has 3 heteroatoms. The van der Waals surface area contributed by atoms with Gasteiger partial charge in [-0.05, 0) is 36.1 Å². The zero-order valence-electron chi connectivity index (χ0n) is 29.6. The van der Waals surface area contributed by atoms with Gasteiger partial charge in [0.25, 0.3) is 0 Å². The summed E-state index contributed by atoms with van der Waals surface area (Å²) in [6.45, 7) is 11.4. The zero-order chi connectivity index (χ0) is 32.7. The molecule has 0 unspecified atom stereocenters. The van der Waals surface area contributed by atoms with Crippen molar-refractivity contribution >= 4 is 24.8 Å². The Kier molecular flexibility index (Phi) is 19.4. The Morgan fingerprint density at radius 1 is 0.729 bits per heavy atom. The summed E-state index contributed by atoms with van der Waals surface area (Å²) in [5.41, 5.74) is 9.59. The first-order valence-electron chi connectivity index (χ1n) is 17.5. The van der Waals surface area contributed by atoms with Crippen LogP contribution in [0.25, 0.3) is 43.8 Å². The first kappa shape index (κ1) is 41.7. The van der Waals surface area contributed by atoms with Gasteiger partial charge < -0.3 is 24.8 Å². The van der Waals surface area contributed by atoms with E-state index in [1.54, 1.807) is 27.4 Å². The van der Waals surface area contributed by atoms with Gasteiger partial charge in [-0.15, -0.1) is 45.7 Å². The summed E-state index contributed by atoms with van der Waals surface area (Å²) in [5.74, 6) is 0. The number of halogens is 2. The van der Waals surface area contributed by atoms with Gasteiger partial charge in [-0.2, -0.15) is 6.08 Å². The zero-order valence-corrected chi connectivity index (χ0v) is 33.6. The molecule has 0 fully saturated rings.